The zero-order valence-electron chi connectivity index (χ0n) is 4.46. The van der Waals surface area contributed by atoms with Crippen molar-refractivity contribution in [2.45, 2.75) is 0 Å². The first kappa shape index (κ1) is 5.15. The molecule has 1 fully saturated rings. The highest BCUT2D eigenvalue weighted by atomic mass is 16.6. The number of cyclic esters (lactones) is 1. The fourth-order valence-corrected chi connectivity index (χ4v) is 0.529. The van der Waals surface area contributed by atoms with E-state index < -0.39 is 0 Å². The van der Waals surface area contributed by atoms with Crippen LogP contribution >= 0.6 is 0 Å². The molecule has 0 aromatic heterocycles. The zero-order valence-corrected chi connectivity index (χ0v) is 4.46. The van der Waals surface area contributed by atoms with Gasteiger partial charge < -0.3 is 9.64 Å². The summed E-state index contributed by atoms with van der Waals surface area (Å²) >= 11 is 0. The van der Waals surface area contributed by atoms with E-state index in [0.29, 0.717) is 13.3 Å². The molecule has 0 aromatic carbocycles. The number of carbonyl (C=O) groups excluding carboxylic acids is 1. The van der Waals surface area contributed by atoms with Gasteiger partial charge in [0.25, 0.3) is 0 Å². The van der Waals surface area contributed by atoms with Crippen LogP contribution in [0.5, 0.6) is 0 Å². The fourth-order valence-electron chi connectivity index (χ4n) is 0.529. The molecule has 0 saturated carbocycles. The Kier molecular flexibility index (Phi) is 1.20. The van der Waals surface area contributed by atoms with Crippen LogP contribution in [0.4, 0.5) is 0 Å². The molecule has 0 aromatic rings. The second-order valence-electron chi connectivity index (χ2n) is 1.57. The first-order chi connectivity index (χ1) is 3.83. The van der Waals surface area contributed by atoms with Crippen molar-refractivity contribution in [2.24, 2.45) is 0 Å². The molecular formula is C5H7NO2. The normalized spacial score (nSPS) is 18.5. The van der Waals surface area contributed by atoms with Gasteiger partial charge in [0.2, 0.25) is 0 Å². The van der Waals surface area contributed by atoms with Gasteiger partial charge in [0.15, 0.2) is 6.73 Å². The molecule has 0 aliphatic carbocycles. The molecule has 1 aliphatic heterocycles. The molecule has 1 heterocycles. The van der Waals surface area contributed by atoms with E-state index >= 15 is 0 Å². The van der Waals surface area contributed by atoms with Crippen LogP contribution in [-0.2, 0) is 9.53 Å². The highest BCUT2D eigenvalue weighted by Crippen LogP contribution is 1.98. The summed E-state index contributed by atoms with van der Waals surface area (Å²) in [6.45, 7) is 4.18. The van der Waals surface area contributed by atoms with Crippen molar-refractivity contribution in [1.29, 1.82) is 0 Å². The van der Waals surface area contributed by atoms with Crippen molar-refractivity contribution in [1.82, 2.24) is 4.90 Å². The summed E-state index contributed by atoms with van der Waals surface area (Å²) in [5.41, 5.74) is 0. The van der Waals surface area contributed by atoms with Gasteiger partial charge in [-0.05, 0) is 6.20 Å². The van der Waals surface area contributed by atoms with Crippen LogP contribution in [0.3, 0.4) is 0 Å². The summed E-state index contributed by atoms with van der Waals surface area (Å²) in [5.74, 6) is -0.176. The van der Waals surface area contributed by atoms with Gasteiger partial charge in [0, 0.05) is 0 Å². The van der Waals surface area contributed by atoms with E-state index in [1.54, 1.807) is 11.1 Å². The van der Waals surface area contributed by atoms with Gasteiger partial charge in [-0.2, -0.15) is 0 Å². The maximum atomic E-state index is 10.3. The van der Waals surface area contributed by atoms with Gasteiger partial charge in [-0.3, -0.25) is 4.79 Å². The molecule has 0 N–H and O–H groups in total. The smallest absolute Gasteiger partial charge is 0.327 e. The first-order valence-corrected chi connectivity index (χ1v) is 2.35. The minimum absolute atomic E-state index is 0.176. The summed E-state index contributed by atoms with van der Waals surface area (Å²) in [6, 6.07) is 0. The summed E-state index contributed by atoms with van der Waals surface area (Å²) in [4.78, 5) is 12.0. The molecule has 1 saturated heterocycles. The average Bonchev–Trinajstić information content (AvgIpc) is 2.14. The maximum absolute atomic E-state index is 10.3. The second kappa shape index (κ2) is 1.86. The van der Waals surface area contributed by atoms with Crippen LogP contribution in [-0.4, -0.2) is 24.1 Å². The summed E-state index contributed by atoms with van der Waals surface area (Å²) < 4.78 is 4.57. The number of nitrogens with zero attached hydrogens (tertiary/aromatic N) is 1. The monoisotopic (exact) mass is 113 g/mol. The predicted octanol–water partition coefficient (Wildman–Crippen LogP) is -0.0538. The molecule has 0 unspecified atom stereocenters. The van der Waals surface area contributed by atoms with Gasteiger partial charge in [-0.1, -0.05) is 6.58 Å². The Morgan fingerprint density at radius 2 is 2.62 bits per heavy atom. The Bertz CT molecular complexity index is 122. The lowest BCUT2D eigenvalue weighted by atomic mass is 10.6. The Balaban J connectivity index is 2.43. The van der Waals surface area contributed by atoms with E-state index in [4.69, 9.17) is 0 Å². The minimum atomic E-state index is -0.176. The fraction of sp³-hybridized carbons (Fsp3) is 0.400. The largest absolute Gasteiger partial charge is 0.443 e. The van der Waals surface area contributed by atoms with Crippen molar-refractivity contribution < 1.29 is 9.53 Å². The number of hydrogen-bond acceptors (Lipinski definition) is 3. The highest BCUT2D eigenvalue weighted by molar-refractivity contribution is 5.73. The van der Waals surface area contributed by atoms with E-state index in [1.807, 2.05) is 0 Å². The summed E-state index contributed by atoms with van der Waals surface area (Å²) in [6.07, 6.45) is 1.59. The minimum Gasteiger partial charge on any atom is -0.443 e. The number of hydrogen-bond donors (Lipinski definition) is 0. The number of rotatable bonds is 1. The van der Waals surface area contributed by atoms with E-state index in [9.17, 15) is 4.79 Å². The second-order valence-corrected chi connectivity index (χ2v) is 1.57. The van der Waals surface area contributed by atoms with E-state index in [0.717, 1.165) is 0 Å². The molecule has 44 valence electrons. The van der Waals surface area contributed by atoms with E-state index in [1.165, 1.54) is 0 Å². The predicted molar refractivity (Wildman–Crippen MR) is 27.9 cm³/mol. The number of esters is 1. The van der Waals surface area contributed by atoms with Crippen molar-refractivity contribution in [3.63, 3.8) is 0 Å². The lowest BCUT2D eigenvalue weighted by Crippen LogP contribution is -2.11. The van der Waals surface area contributed by atoms with E-state index in [-0.39, 0.29) is 5.97 Å². The zero-order chi connectivity index (χ0) is 5.98. The third-order valence-corrected chi connectivity index (χ3v) is 0.982. The van der Waals surface area contributed by atoms with Gasteiger partial charge in [0.1, 0.15) is 6.54 Å². The van der Waals surface area contributed by atoms with Crippen LogP contribution in [0.25, 0.3) is 0 Å². The molecule has 8 heavy (non-hydrogen) atoms. The van der Waals surface area contributed by atoms with Crippen molar-refractivity contribution in [3.05, 3.63) is 12.8 Å². The molecule has 0 radical (unpaired) electrons. The van der Waals surface area contributed by atoms with Gasteiger partial charge in [0.05, 0.1) is 0 Å². The molecular weight excluding hydrogens is 106 g/mol. The molecule has 1 aliphatic rings. The summed E-state index contributed by atoms with van der Waals surface area (Å²) in [5, 5.41) is 0. The third-order valence-electron chi connectivity index (χ3n) is 0.982. The Morgan fingerprint density at radius 3 is 2.88 bits per heavy atom. The van der Waals surface area contributed by atoms with Crippen LogP contribution in [0.2, 0.25) is 0 Å². The van der Waals surface area contributed by atoms with Gasteiger partial charge in [-0.15, -0.1) is 0 Å². The van der Waals surface area contributed by atoms with Gasteiger partial charge >= 0.3 is 5.97 Å². The Morgan fingerprint density at radius 1 is 1.88 bits per heavy atom. The van der Waals surface area contributed by atoms with Crippen molar-refractivity contribution in [3.8, 4) is 0 Å². The molecule has 0 spiro atoms. The Hall–Kier alpha value is -0.990. The van der Waals surface area contributed by atoms with Crippen LogP contribution in [0.15, 0.2) is 12.8 Å². The molecule has 3 nitrogen and oxygen atoms in total. The first-order valence-electron chi connectivity index (χ1n) is 2.35. The lowest BCUT2D eigenvalue weighted by molar-refractivity contribution is -0.136. The average molecular weight is 113 g/mol. The van der Waals surface area contributed by atoms with Crippen LogP contribution < -0.4 is 0 Å². The summed E-state index contributed by atoms with van der Waals surface area (Å²) in [7, 11) is 0. The molecule has 0 amide bonds. The van der Waals surface area contributed by atoms with Crippen molar-refractivity contribution >= 4 is 5.97 Å². The Labute approximate surface area is 47.5 Å². The topological polar surface area (TPSA) is 29.5 Å². The third kappa shape index (κ3) is 0.804. The quantitative estimate of drug-likeness (QED) is 0.446. The van der Waals surface area contributed by atoms with Crippen LogP contribution in [0.1, 0.15) is 0 Å². The molecule has 3 heteroatoms. The molecule has 0 atom stereocenters. The van der Waals surface area contributed by atoms with Gasteiger partial charge in [-0.25, -0.2) is 0 Å². The van der Waals surface area contributed by atoms with E-state index in [2.05, 4.69) is 11.3 Å². The maximum Gasteiger partial charge on any atom is 0.327 e. The standard InChI is InChI=1S/C5H7NO2/c1-2-6-3-5(7)8-4-6/h2H,1,3-4H2. The molecule has 0 bridgehead atoms. The SMILES string of the molecule is C=CN1COC(=O)C1. The highest BCUT2D eigenvalue weighted by Gasteiger charge is 2.15. The number of ether oxygens (including phenoxy) is 1. The lowest BCUT2D eigenvalue weighted by Gasteiger charge is -2.02. The van der Waals surface area contributed by atoms with Crippen molar-refractivity contribution in [2.75, 3.05) is 13.3 Å². The molecule has 1 rings (SSSR count). The van der Waals surface area contributed by atoms with Crippen LogP contribution in [0, 0.1) is 0 Å². The number of carbonyl (C=O) groups is 1.